The first-order valence-corrected chi connectivity index (χ1v) is 7.41. The van der Waals surface area contributed by atoms with Crippen molar-refractivity contribution in [3.63, 3.8) is 0 Å². The summed E-state index contributed by atoms with van der Waals surface area (Å²) in [5, 5.41) is 5.02. The largest absolute Gasteiger partial charge is 0.348 e. The zero-order valence-electron chi connectivity index (χ0n) is 10.5. The lowest BCUT2D eigenvalue weighted by molar-refractivity contribution is -0.117. The van der Waals surface area contributed by atoms with Crippen molar-refractivity contribution < 1.29 is 4.79 Å². The molecule has 1 fully saturated rings. The molecule has 0 saturated heterocycles. The Balaban J connectivity index is 1.86. The molecule has 0 aromatic carbocycles. The maximum atomic E-state index is 11.8. The fourth-order valence-corrected chi connectivity index (χ4v) is 2.91. The van der Waals surface area contributed by atoms with Gasteiger partial charge >= 0.3 is 0 Å². The van der Waals surface area contributed by atoms with Crippen molar-refractivity contribution in [1.82, 2.24) is 5.32 Å². The number of rotatable bonds is 3. The molecule has 1 heterocycles. The van der Waals surface area contributed by atoms with E-state index in [2.05, 4.69) is 5.32 Å². The highest BCUT2D eigenvalue weighted by Crippen LogP contribution is 2.17. The number of hydrogen-bond acceptors (Lipinski definition) is 3. The number of nitrogens with two attached hydrogens (primary N) is 1. The topological polar surface area (TPSA) is 55.1 Å². The first-order chi connectivity index (χ1) is 8.75. The molecule has 4 heteroatoms. The molecule has 2 unspecified atom stereocenters. The van der Waals surface area contributed by atoms with Crippen LogP contribution in [0.15, 0.2) is 23.6 Å². The highest BCUT2D eigenvalue weighted by Gasteiger charge is 2.20. The molecule has 1 amide bonds. The van der Waals surface area contributed by atoms with Gasteiger partial charge in [-0.3, -0.25) is 4.79 Å². The average molecular weight is 264 g/mol. The molecule has 3 nitrogen and oxygen atoms in total. The summed E-state index contributed by atoms with van der Waals surface area (Å²) in [4.78, 5) is 12.9. The van der Waals surface area contributed by atoms with Crippen LogP contribution in [-0.2, 0) is 4.79 Å². The normalized spacial score (nSPS) is 24.9. The van der Waals surface area contributed by atoms with Crippen LogP contribution in [0.3, 0.4) is 0 Å². The molecule has 1 aliphatic rings. The van der Waals surface area contributed by atoms with Gasteiger partial charge < -0.3 is 11.1 Å². The van der Waals surface area contributed by atoms with Crippen molar-refractivity contribution in [2.75, 3.05) is 0 Å². The third-order valence-electron chi connectivity index (χ3n) is 3.34. The maximum absolute atomic E-state index is 11.8. The fraction of sp³-hybridized carbons (Fsp3) is 0.500. The van der Waals surface area contributed by atoms with E-state index in [1.165, 1.54) is 12.8 Å². The van der Waals surface area contributed by atoms with Crippen molar-refractivity contribution in [3.8, 4) is 0 Å². The van der Waals surface area contributed by atoms with E-state index in [0.29, 0.717) is 0 Å². The predicted molar refractivity (Wildman–Crippen MR) is 76.3 cm³/mol. The summed E-state index contributed by atoms with van der Waals surface area (Å²) in [7, 11) is 0. The number of hydrogen-bond donors (Lipinski definition) is 2. The zero-order valence-corrected chi connectivity index (χ0v) is 11.3. The lowest BCUT2D eigenvalue weighted by Crippen LogP contribution is -2.46. The maximum Gasteiger partial charge on any atom is 0.244 e. The minimum Gasteiger partial charge on any atom is -0.348 e. The van der Waals surface area contributed by atoms with Crippen LogP contribution in [-0.4, -0.2) is 18.0 Å². The number of carbonyl (C=O) groups is 1. The van der Waals surface area contributed by atoms with Gasteiger partial charge in [0.25, 0.3) is 0 Å². The van der Waals surface area contributed by atoms with Crippen molar-refractivity contribution in [1.29, 1.82) is 0 Å². The summed E-state index contributed by atoms with van der Waals surface area (Å²) in [5.41, 5.74) is 6.08. The lowest BCUT2D eigenvalue weighted by Gasteiger charge is -2.21. The molecule has 1 saturated carbocycles. The Kier molecular flexibility index (Phi) is 4.96. The standard InChI is InChI=1S/C14H20N2OS/c15-12-6-2-1-3-7-13(12)16-14(17)9-8-11-5-4-10-18-11/h4-5,8-10,12-13H,1-3,6-7,15H2,(H,16,17). The fourth-order valence-electron chi connectivity index (χ4n) is 2.29. The van der Waals surface area contributed by atoms with Crippen LogP contribution in [0.4, 0.5) is 0 Å². The molecule has 18 heavy (non-hydrogen) atoms. The summed E-state index contributed by atoms with van der Waals surface area (Å²) >= 11 is 1.62. The van der Waals surface area contributed by atoms with Gasteiger partial charge in [0.1, 0.15) is 0 Å². The smallest absolute Gasteiger partial charge is 0.244 e. The Hall–Kier alpha value is -1.13. The molecular formula is C14H20N2OS. The Morgan fingerprint density at radius 1 is 1.39 bits per heavy atom. The van der Waals surface area contributed by atoms with E-state index < -0.39 is 0 Å². The molecule has 1 aromatic heterocycles. The number of nitrogens with one attached hydrogen (secondary N) is 1. The van der Waals surface area contributed by atoms with E-state index in [-0.39, 0.29) is 18.0 Å². The molecule has 1 aromatic rings. The molecule has 0 spiro atoms. The second-order valence-corrected chi connectivity index (χ2v) is 5.74. The van der Waals surface area contributed by atoms with Crippen LogP contribution in [0.2, 0.25) is 0 Å². The van der Waals surface area contributed by atoms with Gasteiger partial charge in [0.15, 0.2) is 0 Å². The van der Waals surface area contributed by atoms with Crippen LogP contribution >= 0.6 is 11.3 Å². The zero-order chi connectivity index (χ0) is 12.8. The Labute approximate surface area is 112 Å². The van der Waals surface area contributed by atoms with Crippen molar-refractivity contribution in [2.45, 2.75) is 44.2 Å². The Morgan fingerprint density at radius 2 is 2.22 bits per heavy atom. The highest BCUT2D eigenvalue weighted by atomic mass is 32.1. The molecule has 0 aliphatic heterocycles. The molecule has 2 atom stereocenters. The Bertz CT molecular complexity index is 400. The van der Waals surface area contributed by atoms with Gasteiger partial charge in [-0.15, -0.1) is 11.3 Å². The molecule has 3 N–H and O–H groups in total. The minimum absolute atomic E-state index is 0.0363. The van der Waals surface area contributed by atoms with Gasteiger partial charge in [-0.25, -0.2) is 0 Å². The van der Waals surface area contributed by atoms with Crippen molar-refractivity contribution in [3.05, 3.63) is 28.5 Å². The minimum atomic E-state index is -0.0363. The molecule has 0 bridgehead atoms. The van der Waals surface area contributed by atoms with E-state index in [1.807, 2.05) is 23.6 Å². The second-order valence-electron chi connectivity index (χ2n) is 4.77. The van der Waals surface area contributed by atoms with Gasteiger partial charge in [0.2, 0.25) is 5.91 Å². The monoisotopic (exact) mass is 264 g/mol. The van der Waals surface area contributed by atoms with E-state index in [9.17, 15) is 4.79 Å². The van der Waals surface area contributed by atoms with E-state index in [1.54, 1.807) is 17.4 Å². The number of thiophene rings is 1. The van der Waals surface area contributed by atoms with E-state index in [0.717, 1.165) is 24.1 Å². The molecule has 2 rings (SSSR count). The predicted octanol–water partition coefficient (Wildman–Crippen LogP) is 2.54. The summed E-state index contributed by atoms with van der Waals surface area (Å²) in [6, 6.07) is 4.20. The van der Waals surface area contributed by atoms with Crippen LogP contribution in [0, 0.1) is 0 Å². The molecule has 98 valence electrons. The third-order valence-corrected chi connectivity index (χ3v) is 4.18. The summed E-state index contributed by atoms with van der Waals surface area (Å²) in [6.45, 7) is 0. The van der Waals surface area contributed by atoms with Crippen LogP contribution in [0.1, 0.15) is 37.0 Å². The van der Waals surface area contributed by atoms with Crippen molar-refractivity contribution in [2.24, 2.45) is 5.73 Å². The number of carbonyl (C=O) groups excluding carboxylic acids is 1. The van der Waals surface area contributed by atoms with Gasteiger partial charge in [-0.05, 0) is 30.4 Å². The van der Waals surface area contributed by atoms with Crippen molar-refractivity contribution >= 4 is 23.3 Å². The average Bonchev–Trinajstić information content (AvgIpc) is 2.80. The molecule has 1 aliphatic carbocycles. The van der Waals surface area contributed by atoms with E-state index >= 15 is 0 Å². The summed E-state index contributed by atoms with van der Waals surface area (Å²) in [5.74, 6) is -0.0363. The molecule has 0 radical (unpaired) electrons. The summed E-state index contributed by atoms with van der Waals surface area (Å²) in [6.07, 6.45) is 9.03. The first kappa shape index (κ1) is 13.3. The summed E-state index contributed by atoms with van der Waals surface area (Å²) < 4.78 is 0. The molecular weight excluding hydrogens is 244 g/mol. The second kappa shape index (κ2) is 6.71. The van der Waals surface area contributed by atoms with Gasteiger partial charge in [0, 0.05) is 23.0 Å². The third kappa shape index (κ3) is 3.96. The van der Waals surface area contributed by atoms with E-state index in [4.69, 9.17) is 5.73 Å². The van der Waals surface area contributed by atoms with Crippen LogP contribution in [0.5, 0.6) is 0 Å². The first-order valence-electron chi connectivity index (χ1n) is 6.53. The van der Waals surface area contributed by atoms with Crippen LogP contribution in [0.25, 0.3) is 6.08 Å². The highest BCUT2D eigenvalue weighted by molar-refractivity contribution is 7.10. The number of amides is 1. The van der Waals surface area contributed by atoms with Crippen LogP contribution < -0.4 is 11.1 Å². The van der Waals surface area contributed by atoms with Gasteiger partial charge in [-0.2, -0.15) is 0 Å². The van der Waals surface area contributed by atoms with Gasteiger partial charge in [-0.1, -0.05) is 25.3 Å². The van der Waals surface area contributed by atoms with Gasteiger partial charge in [0.05, 0.1) is 0 Å². The SMILES string of the molecule is NC1CCCCCC1NC(=O)C=Cc1cccs1. The Morgan fingerprint density at radius 3 is 3.00 bits per heavy atom. The lowest BCUT2D eigenvalue weighted by atomic mass is 10.0. The quantitative estimate of drug-likeness (QED) is 0.651.